The first-order valence-corrected chi connectivity index (χ1v) is 4.00. The zero-order chi connectivity index (χ0) is 7.68. The van der Waals surface area contributed by atoms with Gasteiger partial charge in [-0.15, -0.1) is 0 Å². The maximum Gasteiger partial charge on any atom is 0.157 e. The van der Waals surface area contributed by atoms with Crippen LogP contribution in [-0.4, -0.2) is 15.9 Å². The van der Waals surface area contributed by atoms with Gasteiger partial charge in [-0.05, 0) is 19.3 Å². The molecule has 1 aliphatic carbocycles. The second-order valence-corrected chi connectivity index (χ2v) is 3.02. The molecule has 1 aliphatic rings. The Morgan fingerprint density at radius 3 is 2.91 bits per heavy atom. The van der Waals surface area contributed by atoms with Crippen molar-refractivity contribution in [2.45, 2.75) is 25.4 Å². The Morgan fingerprint density at radius 1 is 1.64 bits per heavy atom. The summed E-state index contributed by atoms with van der Waals surface area (Å²) in [5, 5.41) is 4.02. The summed E-state index contributed by atoms with van der Waals surface area (Å²) >= 11 is 0. The first kappa shape index (κ1) is 6.70. The molecule has 3 nitrogen and oxygen atoms in total. The zero-order valence-corrected chi connectivity index (χ0v) is 6.66. The Morgan fingerprint density at radius 2 is 2.45 bits per heavy atom. The van der Waals surface area contributed by atoms with Crippen molar-refractivity contribution in [3.05, 3.63) is 12.4 Å². The summed E-state index contributed by atoms with van der Waals surface area (Å²) < 4.78 is 7.35. The molecule has 1 aromatic rings. The van der Waals surface area contributed by atoms with Crippen molar-refractivity contribution < 1.29 is 4.74 Å². The van der Waals surface area contributed by atoms with Gasteiger partial charge in [-0.3, -0.25) is 4.68 Å². The van der Waals surface area contributed by atoms with Crippen molar-refractivity contribution >= 4 is 0 Å². The summed E-state index contributed by atoms with van der Waals surface area (Å²) in [5.74, 6) is 0.900. The fourth-order valence-corrected chi connectivity index (χ4v) is 1.14. The molecule has 0 saturated heterocycles. The molecule has 0 aromatic carbocycles. The predicted molar refractivity (Wildman–Crippen MR) is 41.5 cm³/mol. The largest absolute Gasteiger partial charge is 0.487 e. The molecule has 1 saturated carbocycles. The van der Waals surface area contributed by atoms with E-state index in [1.807, 2.05) is 13.2 Å². The molecule has 1 aromatic heterocycles. The van der Waals surface area contributed by atoms with Gasteiger partial charge in [0.25, 0.3) is 0 Å². The molecule has 0 spiro atoms. The maximum atomic E-state index is 5.59. The third-order valence-electron chi connectivity index (χ3n) is 2.04. The lowest BCUT2D eigenvalue weighted by Gasteiger charge is -2.25. The van der Waals surface area contributed by atoms with Gasteiger partial charge in [0, 0.05) is 7.05 Å². The fraction of sp³-hybridized carbons (Fsp3) is 0.625. The van der Waals surface area contributed by atoms with Crippen molar-refractivity contribution in [3.8, 4) is 5.75 Å². The normalized spacial score (nSPS) is 17.9. The number of rotatable bonds is 2. The summed E-state index contributed by atoms with van der Waals surface area (Å²) in [5.41, 5.74) is 0. The lowest BCUT2D eigenvalue weighted by atomic mass is 9.96. The molecule has 11 heavy (non-hydrogen) atoms. The lowest BCUT2D eigenvalue weighted by molar-refractivity contribution is 0.120. The molecule has 0 bridgehead atoms. The summed E-state index contributed by atoms with van der Waals surface area (Å²) in [7, 11) is 1.90. The summed E-state index contributed by atoms with van der Waals surface area (Å²) in [6.45, 7) is 0. The van der Waals surface area contributed by atoms with Crippen LogP contribution in [0.4, 0.5) is 0 Å². The monoisotopic (exact) mass is 152 g/mol. The lowest BCUT2D eigenvalue weighted by Crippen LogP contribution is -2.24. The molecule has 60 valence electrons. The highest BCUT2D eigenvalue weighted by atomic mass is 16.5. The molecule has 0 aliphatic heterocycles. The molecular formula is C8H12N2O. The van der Waals surface area contributed by atoms with E-state index in [1.165, 1.54) is 19.3 Å². The van der Waals surface area contributed by atoms with Crippen molar-refractivity contribution in [3.63, 3.8) is 0 Å². The fourth-order valence-electron chi connectivity index (χ4n) is 1.14. The second-order valence-electron chi connectivity index (χ2n) is 3.02. The van der Waals surface area contributed by atoms with Gasteiger partial charge in [0.1, 0.15) is 0 Å². The van der Waals surface area contributed by atoms with Crippen LogP contribution in [-0.2, 0) is 7.05 Å². The van der Waals surface area contributed by atoms with Gasteiger partial charge < -0.3 is 4.74 Å². The second kappa shape index (κ2) is 2.57. The third kappa shape index (κ3) is 1.37. The Labute approximate surface area is 66.0 Å². The van der Waals surface area contributed by atoms with Crippen LogP contribution in [0.25, 0.3) is 0 Å². The highest BCUT2D eigenvalue weighted by Gasteiger charge is 2.19. The standard InChI is InChI=1S/C8H12N2O/c1-10-6-8(5-9-10)11-7-3-2-4-7/h5-7H,2-4H2,1H3. The smallest absolute Gasteiger partial charge is 0.157 e. The van der Waals surface area contributed by atoms with Crippen LogP contribution in [0.2, 0.25) is 0 Å². The van der Waals surface area contributed by atoms with Crippen LogP contribution in [0, 0.1) is 0 Å². The predicted octanol–water partition coefficient (Wildman–Crippen LogP) is 1.35. The Bertz CT molecular complexity index is 240. The minimum atomic E-state index is 0.458. The molecular weight excluding hydrogens is 140 g/mol. The summed E-state index contributed by atoms with van der Waals surface area (Å²) in [6.07, 6.45) is 7.84. The summed E-state index contributed by atoms with van der Waals surface area (Å²) in [6, 6.07) is 0. The molecule has 1 heterocycles. The van der Waals surface area contributed by atoms with Crippen LogP contribution in [0.3, 0.4) is 0 Å². The van der Waals surface area contributed by atoms with Gasteiger partial charge in [-0.25, -0.2) is 0 Å². The molecule has 3 heteroatoms. The number of ether oxygens (including phenoxy) is 1. The van der Waals surface area contributed by atoms with Crippen molar-refractivity contribution in [2.24, 2.45) is 7.05 Å². The van der Waals surface area contributed by atoms with Gasteiger partial charge in [0.2, 0.25) is 0 Å². The zero-order valence-electron chi connectivity index (χ0n) is 6.66. The first-order chi connectivity index (χ1) is 5.34. The van der Waals surface area contributed by atoms with Crippen LogP contribution in [0.15, 0.2) is 12.4 Å². The van der Waals surface area contributed by atoms with Crippen molar-refractivity contribution in [1.29, 1.82) is 0 Å². The van der Waals surface area contributed by atoms with Gasteiger partial charge in [0.05, 0.1) is 18.5 Å². The summed E-state index contributed by atoms with van der Waals surface area (Å²) in [4.78, 5) is 0. The number of nitrogens with zero attached hydrogens (tertiary/aromatic N) is 2. The Balaban J connectivity index is 1.95. The van der Waals surface area contributed by atoms with E-state index in [9.17, 15) is 0 Å². The quantitative estimate of drug-likeness (QED) is 0.639. The van der Waals surface area contributed by atoms with E-state index in [0.717, 1.165) is 5.75 Å². The molecule has 1 fully saturated rings. The van der Waals surface area contributed by atoms with Gasteiger partial charge >= 0.3 is 0 Å². The van der Waals surface area contributed by atoms with E-state index in [2.05, 4.69) is 5.10 Å². The number of hydrogen-bond donors (Lipinski definition) is 0. The van der Waals surface area contributed by atoms with E-state index in [4.69, 9.17) is 4.74 Å². The third-order valence-corrected chi connectivity index (χ3v) is 2.04. The first-order valence-electron chi connectivity index (χ1n) is 4.00. The molecule has 0 radical (unpaired) electrons. The average molecular weight is 152 g/mol. The minimum Gasteiger partial charge on any atom is -0.487 e. The molecule has 0 amide bonds. The highest BCUT2D eigenvalue weighted by molar-refractivity contribution is 5.12. The topological polar surface area (TPSA) is 27.1 Å². The van der Waals surface area contributed by atoms with Crippen LogP contribution in [0.5, 0.6) is 5.75 Å². The molecule has 0 unspecified atom stereocenters. The van der Waals surface area contributed by atoms with Crippen molar-refractivity contribution in [1.82, 2.24) is 9.78 Å². The van der Waals surface area contributed by atoms with E-state index in [0.29, 0.717) is 6.10 Å². The SMILES string of the molecule is Cn1cc(OC2CCC2)cn1. The average Bonchev–Trinajstić information content (AvgIpc) is 2.27. The van der Waals surface area contributed by atoms with Gasteiger partial charge in [0.15, 0.2) is 5.75 Å². The highest BCUT2D eigenvalue weighted by Crippen LogP contribution is 2.24. The van der Waals surface area contributed by atoms with Crippen molar-refractivity contribution in [2.75, 3.05) is 0 Å². The minimum absolute atomic E-state index is 0.458. The molecule has 0 N–H and O–H groups in total. The van der Waals surface area contributed by atoms with E-state index in [-0.39, 0.29) is 0 Å². The van der Waals surface area contributed by atoms with Crippen LogP contribution >= 0.6 is 0 Å². The van der Waals surface area contributed by atoms with Crippen LogP contribution in [0.1, 0.15) is 19.3 Å². The number of hydrogen-bond acceptors (Lipinski definition) is 2. The molecule has 0 atom stereocenters. The van der Waals surface area contributed by atoms with E-state index >= 15 is 0 Å². The number of aromatic nitrogens is 2. The van der Waals surface area contributed by atoms with Gasteiger partial charge in [-0.1, -0.05) is 0 Å². The maximum absolute atomic E-state index is 5.59. The van der Waals surface area contributed by atoms with Gasteiger partial charge in [-0.2, -0.15) is 5.10 Å². The van der Waals surface area contributed by atoms with E-state index < -0.39 is 0 Å². The molecule has 2 rings (SSSR count). The Hall–Kier alpha value is -0.990. The Kier molecular flexibility index (Phi) is 1.56. The van der Waals surface area contributed by atoms with E-state index in [1.54, 1.807) is 10.9 Å². The number of aryl methyl sites for hydroxylation is 1. The van der Waals surface area contributed by atoms with Crippen LogP contribution < -0.4 is 4.74 Å².